The number of tetrazole rings is 1. The van der Waals surface area contributed by atoms with Crippen molar-refractivity contribution in [3.05, 3.63) is 5.82 Å². The van der Waals surface area contributed by atoms with Crippen LogP contribution < -0.4 is 5.32 Å². The molecule has 5 heteroatoms. The van der Waals surface area contributed by atoms with Crippen LogP contribution in [0.3, 0.4) is 0 Å². The highest BCUT2D eigenvalue weighted by atomic mass is 15.6. The van der Waals surface area contributed by atoms with E-state index in [1.165, 1.54) is 32.1 Å². The Labute approximate surface area is 102 Å². The molecular formula is C12H21N5. The predicted octanol–water partition coefficient (Wildman–Crippen LogP) is 1.68. The summed E-state index contributed by atoms with van der Waals surface area (Å²) in [6.45, 7) is 5.48. The molecule has 1 heterocycles. The van der Waals surface area contributed by atoms with Gasteiger partial charge in [0, 0.05) is 6.04 Å². The minimum atomic E-state index is 0.442. The van der Waals surface area contributed by atoms with Crippen LogP contribution in [-0.4, -0.2) is 26.2 Å². The fourth-order valence-corrected chi connectivity index (χ4v) is 2.74. The Kier molecular flexibility index (Phi) is 2.65. The van der Waals surface area contributed by atoms with Crippen molar-refractivity contribution in [1.29, 1.82) is 0 Å². The summed E-state index contributed by atoms with van der Waals surface area (Å²) in [5.74, 6) is 1.000. The van der Waals surface area contributed by atoms with Gasteiger partial charge in [0.2, 0.25) is 0 Å². The van der Waals surface area contributed by atoms with Crippen molar-refractivity contribution in [2.45, 2.75) is 64.6 Å². The summed E-state index contributed by atoms with van der Waals surface area (Å²) < 4.78 is 2.05. The Bertz CT molecular complexity index is 393. The van der Waals surface area contributed by atoms with Gasteiger partial charge in [-0.2, -0.15) is 0 Å². The molecule has 0 bridgehead atoms. The predicted molar refractivity (Wildman–Crippen MR) is 64.3 cm³/mol. The molecule has 2 aliphatic rings. The van der Waals surface area contributed by atoms with Crippen LogP contribution >= 0.6 is 0 Å². The third-order valence-electron chi connectivity index (χ3n) is 3.98. The Morgan fingerprint density at radius 3 is 2.82 bits per heavy atom. The summed E-state index contributed by atoms with van der Waals surface area (Å²) in [4.78, 5) is 0. The third kappa shape index (κ3) is 2.49. The molecule has 0 radical (unpaired) electrons. The van der Waals surface area contributed by atoms with Gasteiger partial charge in [-0.1, -0.05) is 13.8 Å². The van der Waals surface area contributed by atoms with Crippen LogP contribution in [0.15, 0.2) is 0 Å². The molecule has 2 fully saturated rings. The zero-order valence-corrected chi connectivity index (χ0v) is 10.7. The van der Waals surface area contributed by atoms with Crippen molar-refractivity contribution < 1.29 is 0 Å². The average Bonchev–Trinajstić information content (AvgIpc) is 2.87. The van der Waals surface area contributed by atoms with Crippen molar-refractivity contribution in [1.82, 2.24) is 25.5 Å². The lowest BCUT2D eigenvalue weighted by atomic mass is 9.92. The second-order valence-corrected chi connectivity index (χ2v) is 6.26. The van der Waals surface area contributed by atoms with Crippen LogP contribution in [0.25, 0.3) is 0 Å². The van der Waals surface area contributed by atoms with Gasteiger partial charge in [-0.15, -0.1) is 5.10 Å². The van der Waals surface area contributed by atoms with E-state index < -0.39 is 0 Å². The number of aromatic nitrogens is 4. The second-order valence-electron chi connectivity index (χ2n) is 6.26. The molecule has 2 aliphatic carbocycles. The standard InChI is InChI=1S/C12H21N5/c1-12(2)6-5-10(7-12)17-11(14-15-16-17)8-13-9-3-4-9/h9-10,13H,3-8H2,1-2H3. The summed E-state index contributed by atoms with van der Waals surface area (Å²) in [5, 5.41) is 15.6. The first-order valence-electron chi connectivity index (χ1n) is 6.64. The van der Waals surface area contributed by atoms with Crippen LogP contribution in [0.4, 0.5) is 0 Å². The van der Waals surface area contributed by atoms with Gasteiger partial charge in [-0.3, -0.25) is 0 Å². The lowest BCUT2D eigenvalue weighted by Gasteiger charge is -2.17. The molecule has 1 aromatic heterocycles. The molecular weight excluding hydrogens is 214 g/mol. The smallest absolute Gasteiger partial charge is 0.165 e. The van der Waals surface area contributed by atoms with Gasteiger partial charge in [-0.25, -0.2) is 4.68 Å². The maximum atomic E-state index is 4.18. The maximum absolute atomic E-state index is 4.18. The monoisotopic (exact) mass is 235 g/mol. The van der Waals surface area contributed by atoms with Crippen molar-refractivity contribution in [2.75, 3.05) is 0 Å². The van der Waals surface area contributed by atoms with Gasteiger partial charge in [0.25, 0.3) is 0 Å². The van der Waals surface area contributed by atoms with Gasteiger partial charge < -0.3 is 5.32 Å². The third-order valence-corrected chi connectivity index (χ3v) is 3.98. The zero-order valence-electron chi connectivity index (χ0n) is 10.7. The lowest BCUT2D eigenvalue weighted by molar-refractivity contribution is 0.342. The first kappa shape index (κ1) is 11.1. The van der Waals surface area contributed by atoms with Crippen LogP contribution in [0.5, 0.6) is 0 Å². The molecule has 2 saturated carbocycles. The highest BCUT2D eigenvalue weighted by Crippen LogP contribution is 2.43. The molecule has 1 N–H and O–H groups in total. The Balaban J connectivity index is 1.67. The highest BCUT2D eigenvalue weighted by Gasteiger charge is 2.34. The van der Waals surface area contributed by atoms with E-state index >= 15 is 0 Å². The van der Waals surface area contributed by atoms with Gasteiger partial charge in [0.1, 0.15) is 0 Å². The van der Waals surface area contributed by atoms with E-state index in [4.69, 9.17) is 0 Å². The SMILES string of the molecule is CC1(C)CCC(n2nnnc2CNC2CC2)C1. The molecule has 0 saturated heterocycles. The van der Waals surface area contributed by atoms with Crippen molar-refractivity contribution in [2.24, 2.45) is 5.41 Å². The fourth-order valence-electron chi connectivity index (χ4n) is 2.74. The van der Waals surface area contributed by atoms with Crippen LogP contribution in [0.1, 0.15) is 57.8 Å². The van der Waals surface area contributed by atoms with E-state index in [2.05, 4.69) is 34.7 Å². The first-order valence-corrected chi connectivity index (χ1v) is 6.64. The average molecular weight is 235 g/mol. The van der Waals surface area contributed by atoms with E-state index in [1.807, 2.05) is 4.68 Å². The molecule has 1 unspecified atom stereocenters. The minimum absolute atomic E-state index is 0.442. The summed E-state index contributed by atoms with van der Waals surface area (Å²) >= 11 is 0. The van der Waals surface area contributed by atoms with E-state index in [0.717, 1.165) is 12.4 Å². The van der Waals surface area contributed by atoms with Crippen molar-refractivity contribution in [3.63, 3.8) is 0 Å². The van der Waals surface area contributed by atoms with Crippen LogP contribution in [0, 0.1) is 5.41 Å². The number of hydrogen-bond donors (Lipinski definition) is 1. The number of rotatable bonds is 4. The van der Waals surface area contributed by atoms with E-state index in [9.17, 15) is 0 Å². The fraction of sp³-hybridized carbons (Fsp3) is 0.917. The first-order chi connectivity index (χ1) is 8.14. The number of nitrogens with one attached hydrogen (secondary N) is 1. The molecule has 1 aromatic rings. The Morgan fingerprint density at radius 1 is 1.35 bits per heavy atom. The Morgan fingerprint density at radius 2 is 2.18 bits per heavy atom. The molecule has 0 aliphatic heterocycles. The lowest BCUT2D eigenvalue weighted by Crippen LogP contribution is -2.21. The zero-order chi connectivity index (χ0) is 11.9. The quantitative estimate of drug-likeness (QED) is 0.862. The van der Waals surface area contributed by atoms with Crippen molar-refractivity contribution >= 4 is 0 Å². The van der Waals surface area contributed by atoms with Crippen LogP contribution in [-0.2, 0) is 6.54 Å². The minimum Gasteiger partial charge on any atom is -0.307 e. The summed E-state index contributed by atoms with van der Waals surface area (Å²) in [5.41, 5.74) is 0.442. The van der Waals surface area contributed by atoms with Gasteiger partial charge in [0.15, 0.2) is 5.82 Å². The van der Waals surface area contributed by atoms with Gasteiger partial charge in [-0.05, 0) is 47.9 Å². The Hall–Kier alpha value is -0.970. The molecule has 0 spiro atoms. The van der Waals surface area contributed by atoms with E-state index in [1.54, 1.807) is 0 Å². The van der Waals surface area contributed by atoms with Crippen LogP contribution in [0.2, 0.25) is 0 Å². The normalized spacial score (nSPS) is 27.5. The maximum Gasteiger partial charge on any atom is 0.165 e. The van der Waals surface area contributed by atoms with Gasteiger partial charge in [0.05, 0.1) is 12.6 Å². The molecule has 0 aromatic carbocycles. The number of nitrogens with zero attached hydrogens (tertiary/aromatic N) is 4. The van der Waals surface area contributed by atoms with Gasteiger partial charge >= 0.3 is 0 Å². The number of hydrogen-bond acceptors (Lipinski definition) is 4. The molecule has 1 atom stereocenters. The largest absolute Gasteiger partial charge is 0.307 e. The van der Waals surface area contributed by atoms with E-state index in [-0.39, 0.29) is 0 Å². The second kappa shape index (κ2) is 4.05. The topological polar surface area (TPSA) is 55.6 Å². The molecule has 5 nitrogen and oxygen atoms in total. The summed E-state index contributed by atoms with van der Waals surface area (Å²) in [7, 11) is 0. The molecule has 3 rings (SSSR count). The highest BCUT2D eigenvalue weighted by molar-refractivity contribution is 4.92. The summed E-state index contributed by atoms with van der Waals surface area (Å²) in [6, 6.07) is 1.20. The van der Waals surface area contributed by atoms with Crippen molar-refractivity contribution in [3.8, 4) is 0 Å². The summed E-state index contributed by atoms with van der Waals surface area (Å²) in [6.07, 6.45) is 6.27. The molecule has 94 valence electrons. The molecule has 17 heavy (non-hydrogen) atoms. The molecule has 0 amide bonds. The van der Waals surface area contributed by atoms with E-state index in [0.29, 0.717) is 17.5 Å².